The second-order valence-electron chi connectivity index (χ2n) is 9.03. The molecule has 204 valence electrons. The van der Waals surface area contributed by atoms with Crippen LogP contribution in [0.25, 0.3) is 16.7 Å². The highest BCUT2D eigenvalue weighted by Gasteiger charge is 2.38. The Morgan fingerprint density at radius 3 is 2.84 bits per heavy atom. The number of aromatic nitrogens is 1. The van der Waals surface area contributed by atoms with Crippen LogP contribution in [0.2, 0.25) is 5.02 Å². The molecule has 0 unspecified atom stereocenters. The van der Waals surface area contributed by atoms with Crippen molar-refractivity contribution in [3.63, 3.8) is 0 Å². The number of nitrogens with zero attached hydrogens (tertiary/aromatic N) is 4. The van der Waals surface area contributed by atoms with Crippen LogP contribution in [0.1, 0.15) is 49.4 Å². The Morgan fingerprint density at radius 1 is 1.42 bits per heavy atom. The van der Waals surface area contributed by atoms with Gasteiger partial charge in [0, 0.05) is 63.5 Å². The number of hydrogen-bond acceptors (Lipinski definition) is 10. The van der Waals surface area contributed by atoms with Crippen LogP contribution in [-0.2, 0) is 9.47 Å². The monoisotopic (exact) mass is 544 g/mol. The summed E-state index contributed by atoms with van der Waals surface area (Å²) >= 11 is 6.62. The number of ether oxygens (including phenoxy) is 2. The lowest BCUT2D eigenvalue weighted by Crippen LogP contribution is -2.46. The van der Waals surface area contributed by atoms with Gasteiger partial charge >= 0.3 is 6.09 Å². The molecule has 4 heterocycles. The van der Waals surface area contributed by atoms with Gasteiger partial charge in [0.25, 0.3) is 0 Å². The summed E-state index contributed by atoms with van der Waals surface area (Å²) in [5.41, 5.74) is 11.2. The fourth-order valence-electron chi connectivity index (χ4n) is 4.71. The summed E-state index contributed by atoms with van der Waals surface area (Å²) in [6, 6.07) is 1.30. The third-order valence-electron chi connectivity index (χ3n) is 6.55. The number of halogens is 1. The predicted molar refractivity (Wildman–Crippen MR) is 146 cm³/mol. The minimum Gasteiger partial charge on any atom is -0.449 e. The van der Waals surface area contributed by atoms with Crippen LogP contribution in [0.4, 0.5) is 10.5 Å². The van der Waals surface area contributed by atoms with E-state index in [1.807, 2.05) is 25.2 Å². The molecule has 1 amide bonds. The minimum atomic E-state index is -0.603. The van der Waals surface area contributed by atoms with Crippen molar-refractivity contribution in [2.24, 2.45) is 10.7 Å². The standard InChI is InChI=1S/C26H33ClN6O5/c1-5-18-9-17(7-8-37-18)33(26(35)36-6-2)23-22-20(38-25(23)24(34)15(11-28)12-29-3)10-19(27)21(31-22)16-13-30-32(4)14-16/h10-12,14,17-18,30H,5-9,13,28H2,1-4H3/t17-,18-/m0/s1. The number of nitrogens with one attached hydrogen (secondary N) is 1. The normalized spacial score (nSPS) is 20.3. The first-order valence-electron chi connectivity index (χ1n) is 12.6. The second-order valence-corrected chi connectivity index (χ2v) is 9.44. The number of carbonyl (C=O) groups is 2. The number of aliphatic imine (C=N–C) groups is 1. The number of ketones is 1. The van der Waals surface area contributed by atoms with Gasteiger partial charge < -0.3 is 24.6 Å². The summed E-state index contributed by atoms with van der Waals surface area (Å²) < 4.78 is 17.4. The Balaban J connectivity index is 1.98. The molecular formula is C26H33ClN6O5. The number of hydrazine groups is 1. The van der Waals surface area contributed by atoms with E-state index in [4.69, 9.17) is 36.2 Å². The Morgan fingerprint density at radius 2 is 2.21 bits per heavy atom. The van der Waals surface area contributed by atoms with Crippen molar-refractivity contribution in [1.82, 2.24) is 15.4 Å². The molecule has 0 aromatic carbocycles. The van der Waals surface area contributed by atoms with Gasteiger partial charge in [0.15, 0.2) is 5.58 Å². The van der Waals surface area contributed by atoms with E-state index in [1.165, 1.54) is 18.2 Å². The average molecular weight is 545 g/mol. The molecule has 2 aliphatic rings. The average Bonchev–Trinajstić information content (AvgIpc) is 3.50. The largest absolute Gasteiger partial charge is 0.449 e. The lowest BCUT2D eigenvalue weighted by atomic mass is 9.99. The molecule has 12 heteroatoms. The second kappa shape index (κ2) is 12.0. The van der Waals surface area contributed by atoms with Crippen molar-refractivity contribution < 1.29 is 23.5 Å². The number of fused-ring (bicyclic) bond motifs is 1. The van der Waals surface area contributed by atoms with Crippen molar-refractivity contribution in [2.45, 2.75) is 45.3 Å². The van der Waals surface area contributed by atoms with E-state index in [0.717, 1.165) is 18.2 Å². The van der Waals surface area contributed by atoms with Crippen molar-refractivity contribution >= 4 is 52.1 Å². The lowest BCUT2D eigenvalue weighted by molar-refractivity contribution is 0.00467. The van der Waals surface area contributed by atoms with E-state index in [1.54, 1.807) is 13.0 Å². The molecule has 0 spiro atoms. The van der Waals surface area contributed by atoms with Crippen LogP contribution < -0.4 is 16.1 Å². The number of anilines is 1. The zero-order valence-corrected chi connectivity index (χ0v) is 22.7. The smallest absolute Gasteiger partial charge is 0.414 e. The highest BCUT2D eigenvalue weighted by molar-refractivity contribution is 6.33. The van der Waals surface area contributed by atoms with Crippen LogP contribution in [0.3, 0.4) is 0 Å². The van der Waals surface area contributed by atoms with Crippen molar-refractivity contribution in [3.8, 4) is 0 Å². The molecule has 0 saturated carbocycles. The molecule has 11 nitrogen and oxygen atoms in total. The van der Waals surface area contributed by atoms with Gasteiger partial charge in [0.1, 0.15) is 11.2 Å². The van der Waals surface area contributed by atoms with Crippen molar-refractivity contribution in [2.75, 3.05) is 38.8 Å². The van der Waals surface area contributed by atoms with E-state index < -0.39 is 11.9 Å². The summed E-state index contributed by atoms with van der Waals surface area (Å²) in [5, 5.41) is 2.16. The molecule has 3 N–H and O–H groups in total. The molecule has 1 fully saturated rings. The van der Waals surface area contributed by atoms with Gasteiger partial charge in [-0.3, -0.25) is 14.7 Å². The number of rotatable bonds is 8. The van der Waals surface area contributed by atoms with Gasteiger partial charge in [-0.25, -0.2) is 15.2 Å². The van der Waals surface area contributed by atoms with E-state index in [2.05, 4.69) is 10.4 Å². The fourth-order valence-corrected chi connectivity index (χ4v) is 4.97. The number of carbonyl (C=O) groups excluding carboxylic acids is 2. The first-order chi connectivity index (χ1) is 18.3. The maximum Gasteiger partial charge on any atom is 0.414 e. The molecule has 4 rings (SSSR count). The number of furan rings is 1. The number of pyridine rings is 1. The number of allylic oxidation sites excluding steroid dienone is 1. The predicted octanol–water partition coefficient (Wildman–Crippen LogP) is 3.92. The molecule has 2 aromatic rings. The fraction of sp³-hybridized carbons (Fsp3) is 0.462. The van der Waals surface area contributed by atoms with E-state index in [9.17, 15) is 9.59 Å². The van der Waals surface area contributed by atoms with Crippen LogP contribution >= 0.6 is 11.6 Å². The van der Waals surface area contributed by atoms with Gasteiger partial charge in [-0.1, -0.05) is 18.5 Å². The Bertz CT molecular complexity index is 1300. The molecule has 2 atom stereocenters. The zero-order chi connectivity index (χ0) is 27.4. The van der Waals surface area contributed by atoms with Gasteiger partial charge in [-0.15, -0.1) is 0 Å². The van der Waals surface area contributed by atoms with E-state index in [-0.39, 0.29) is 41.4 Å². The van der Waals surface area contributed by atoms with Gasteiger partial charge in [0.2, 0.25) is 11.5 Å². The summed E-state index contributed by atoms with van der Waals surface area (Å²) in [5.74, 6) is -0.640. The molecular weight excluding hydrogens is 512 g/mol. The maximum atomic E-state index is 13.7. The van der Waals surface area contributed by atoms with Crippen LogP contribution in [0.5, 0.6) is 0 Å². The number of nitrogens with two attached hydrogens (primary N) is 1. The van der Waals surface area contributed by atoms with Crippen molar-refractivity contribution in [1.29, 1.82) is 0 Å². The third-order valence-corrected chi connectivity index (χ3v) is 6.83. The zero-order valence-electron chi connectivity index (χ0n) is 22.0. The third kappa shape index (κ3) is 5.40. The number of hydrogen-bond donors (Lipinski definition) is 2. The Kier molecular flexibility index (Phi) is 8.70. The topological polar surface area (TPSA) is 136 Å². The summed E-state index contributed by atoms with van der Waals surface area (Å²) in [4.78, 5) is 37.5. The summed E-state index contributed by atoms with van der Waals surface area (Å²) in [6.07, 6.45) is 5.62. The molecule has 0 bridgehead atoms. The quantitative estimate of drug-likeness (QED) is 0.288. The summed E-state index contributed by atoms with van der Waals surface area (Å²) in [7, 11) is 3.40. The Hall–Kier alpha value is -3.41. The van der Waals surface area contributed by atoms with Gasteiger partial charge in [-0.05, 0) is 26.2 Å². The highest BCUT2D eigenvalue weighted by Crippen LogP contribution is 2.40. The van der Waals surface area contributed by atoms with Crippen LogP contribution in [-0.4, -0.2) is 74.1 Å². The molecule has 0 aliphatic carbocycles. The molecule has 1 saturated heterocycles. The van der Waals surface area contributed by atoms with E-state index >= 15 is 0 Å². The van der Waals surface area contributed by atoms with Gasteiger partial charge in [0.05, 0.1) is 29.0 Å². The first kappa shape index (κ1) is 27.6. The number of Topliss-reactive ketones (excluding diaryl/α,β-unsaturated/α-hetero) is 1. The maximum absolute atomic E-state index is 13.7. The van der Waals surface area contributed by atoms with Crippen LogP contribution in [0, 0.1) is 0 Å². The molecule has 0 radical (unpaired) electrons. The highest BCUT2D eigenvalue weighted by atomic mass is 35.5. The molecule has 2 aliphatic heterocycles. The lowest BCUT2D eigenvalue weighted by Gasteiger charge is -2.36. The summed E-state index contributed by atoms with van der Waals surface area (Å²) in [6.45, 7) is 4.89. The first-order valence-corrected chi connectivity index (χ1v) is 13.0. The van der Waals surface area contributed by atoms with E-state index in [0.29, 0.717) is 42.2 Å². The van der Waals surface area contributed by atoms with Crippen molar-refractivity contribution in [3.05, 3.63) is 40.5 Å². The van der Waals surface area contributed by atoms with Crippen LogP contribution in [0.15, 0.2) is 33.4 Å². The molecule has 38 heavy (non-hydrogen) atoms. The van der Waals surface area contributed by atoms with Gasteiger partial charge in [-0.2, -0.15) is 0 Å². The SMILES string of the molecule is CCOC(=O)N(c1c(C(=O)C(C=NC)=CN)oc2cc(Cl)c(C3=CN(C)NC3)nc12)[C@H]1CCO[C@@H](CC)C1. The molecule has 2 aromatic heterocycles. The Labute approximate surface area is 226 Å². The number of amides is 1. The minimum absolute atomic E-state index is 0.0436.